The lowest BCUT2D eigenvalue weighted by atomic mass is 9.98. The summed E-state index contributed by atoms with van der Waals surface area (Å²) in [7, 11) is 0. The molecule has 26 heavy (non-hydrogen) atoms. The molecule has 0 spiro atoms. The minimum absolute atomic E-state index is 0.00120. The van der Waals surface area contributed by atoms with E-state index >= 15 is 0 Å². The van der Waals surface area contributed by atoms with Crippen LogP contribution in [0.3, 0.4) is 0 Å². The number of amides is 1. The number of carbonyl (C=O) groups excluding carboxylic acids is 1. The molecule has 0 aliphatic heterocycles. The molecule has 2 aromatic heterocycles. The first-order valence-corrected chi connectivity index (χ1v) is 9.99. The van der Waals surface area contributed by atoms with Crippen LogP contribution in [0.25, 0.3) is 0 Å². The molecule has 1 saturated carbocycles. The summed E-state index contributed by atoms with van der Waals surface area (Å²) in [5.41, 5.74) is 1.41. The summed E-state index contributed by atoms with van der Waals surface area (Å²) in [6.45, 7) is 1.83. The number of hydrogen-bond acceptors (Lipinski definition) is 5. The fourth-order valence-corrected chi connectivity index (χ4v) is 3.76. The molecule has 1 aliphatic carbocycles. The minimum atomic E-state index is -1.94. The third-order valence-electron chi connectivity index (χ3n) is 4.63. The Morgan fingerprint density at radius 3 is 2.77 bits per heavy atom. The Balaban J connectivity index is 1.77. The van der Waals surface area contributed by atoms with Crippen molar-refractivity contribution in [2.45, 2.75) is 50.8 Å². The van der Waals surface area contributed by atoms with E-state index in [0.717, 1.165) is 18.5 Å². The second-order valence-corrected chi connectivity index (χ2v) is 7.66. The van der Waals surface area contributed by atoms with Crippen LogP contribution >= 0.6 is 0 Å². The summed E-state index contributed by atoms with van der Waals surface area (Å²) in [6.07, 6.45) is 11.6. The van der Waals surface area contributed by atoms with E-state index in [9.17, 15) is 9.00 Å². The standard InChI is InChI=1S/C17H23N5O3S/c1-12-7-19-16(9-18-12)21-17(23)15(6-13-4-2-3-5-13)22-10-14(8-20-22)11-26(24)25/h7-10,13,15H,2-6,11H2,1H3,(H,24,25)(H,19,21,23)/t15-/m0/s1. The van der Waals surface area contributed by atoms with Gasteiger partial charge in [-0.05, 0) is 19.3 Å². The van der Waals surface area contributed by atoms with E-state index in [4.69, 9.17) is 4.55 Å². The number of aryl methyl sites for hydroxylation is 1. The first-order chi connectivity index (χ1) is 12.5. The molecule has 2 N–H and O–H groups in total. The minimum Gasteiger partial charge on any atom is -0.308 e. The first-order valence-electron chi connectivity index (χ1n) is 8.71. The smallest absolute Gasteiger partial charge is 0.250 e. The molecule has 1 fully saturated rings. The highest BCUT2D eigenvalue weighted by atomic mass is 32.2. The zero-order valence-electron chi connectivity index (χ0n) is 14.7. The van der Waals surface area contributed by atoms with E-state index in [-0.39, 0.29) is 11.7 Å². The maximum atomic E-state index is 12.9. The monoisotopic (exact) mass is 377 g/mol. The van der Waals surface area contributed by atoms with Crippen molar-refractivity contribution < 1.29 is 13.6 Å². The average Bonchev–Trinajstić information content (AvgIpc) is 3.26. The Kier molecular flexibility index (Phi) is 6.10. The van der Waals surface area contributed by atoms with Gasteiger partial charge in [-0.3, -0.25) is 14.5 Å². The number of carbonyl (C=O) groups is 1. The Morgan fingerprint density at radius 2 is 2.12 bits per heavy atom. The number of aromatic nitrogens is 4. The highest BCUT2D eigenvalue weighted by molar-refractivity contribution is 7.78. The molecule has 1 aliphatic rings. The fourth-order valence-electron chi connectivity index (χ4n) is 3.33. The van der Waals surface area contributed by atoms with Gasteiger partial charge in [0.15, 0.2) is 16.9 Å². The van der Waals surface area contributed by atoms with Crippen molar-refractivity contribution in [1.82, 2.24) is 19.7 Å². The van der Waals surface area contributed by atoms with E-state index in [0.29, 0.717) is 23.7 Å². The zero-order chi connectivity index (χ0) is 18.5. The van der Waals surface area contributed by atoms with Gasteiger partial charge in [0, 0.05) is 11.8 Å². The molecular formula is C17H23N5O3S. The molecule has 140 valence electrons. The van der Waals surface area contributed by atoms with Gasteiger partial charge in [0.2, 0.25) is 5.91 Å². The maximum Gasteiger partial charge on any atom is 0.250 e. The highest BCUT2D eigenvalue weighted by Gasteiger charge is 2.27. The van der Waals surface area contributed by atoms with Gasteiger partial charge in [0.25, 0.3) is 0 Å². The summed E-state index contributed by atoms with van der Waals surface area (Å²) in [4.78, 5) is 21.2. The lowest BCUT2D eigenvalue weighted by molar-refractivity contribution is -0.120. The van der Waals surface area contributed by atoms with Gasteiger partial charge < -0.3 is 9.87 Å². The fraction of sp³-hybridized carbons (Fsp3) is 0.529. The van der Waals surface area contributed by atoms with Crippen LogP contribution in [0, 0.1) is 12.8 Å². The number of nitrogens with zero attached hydrogens (tertiary/aromatic N) is 4. The Hall–Kier alpha value is -2.13. The lowest BCUT2D eigenvalue weighted by Gasteiger charge is -2.20. The van der Waals surface area contributed by atoms with Crippen LogP contribution in [0.1, 0.15) is 49.4 Å². The van der Waals surface area contributed by atoms with Crippen LogP contribution in [-0.2, 0) is 21.6 Å². The molecule has 0 aromatic carbocycles. The van der Waals surface area contributed by atoms with Crippen LogP contribution in [0.4, 0.5) is 5.82 Å². The first kappa shape index (κ1) is 18.7. The van der Waals surface area contributed by atoms with E-state index in [1.54, 1.807) is 17.1 Å². The average molecular weight is 377 g/mol. The van der Waals surface area contributed by atoms with Gasteiger partial charge in [0.1, 0.15) is 6.04 Å². The van der Waals surface area contributed by atoms with Crippen molar-refractivity contribution in [3.63, 3.8) is 0 Å². The molecule has 1 amide bonds. The van der Waals surface area contributed by atoms with E-state index in [1.165, 1.54) is 25.2 Å². The van der Waals surface area contributed by atoms with Crippen LogP contribution in [-0.4, -0.2) is 34.4 Å². The quantitative estimate of drug-likeness (QED) is 0.717. The van der Waals surface area contributed by atoms with Crippen LogP contribution < -0.4 is 5.32 Å². The lowest BCUT2D eigenvalue weighted by Crippen LogP contribution is -2.28. The highest BCUT2D eigenvalue weighted by Crippen LogP contribution is 2.32. The summed E-state index contributed by atoms with van der Waals surface area (Å²) >= 11 is -1.94. The van der Waals surface area contributed by atoms with Gasteiger partial charge in [-0.25, -0.2) is 9.19 Å². The summed E-state index contributed by atoms with van der Waals surface area (Å²) < 4.78 is 21.7. The molecule has 2 atom stereocenters. The predicted molar refractivity (Wildman–Crippen MR) is 97.7 cm³/mol. The Bertz CT molecular complexity index is 771. The Labute approximate surface area is 154 Å². The van der Waals surface area contributed by atoms with Crippen molar-refractivity contribution >= 4 is 22.8 Å². The van der Waals surface area contributed by atoms with Crippen molar-refractivity contribution in [1.29, 1.82) is 0 Å². The van der Waals surface area contributed by atoms with Gasteiger partial charge in [0.05, 0.1) is 30.0 Å². The van der Waals surface area contributed by atoms with Crippen LogP contribution in [0.15, 0.2) is 24.8 Å². The van der Waals surface area contributed by atoms with Gasteiger partial charge in [-0.2, -0.15) is 5.10 Å². The number of anilines is 1. The number of rotatable bonds is 7. The topological polar surface area (TPSA) is 110 Å². The van der Waals surface area contributed by atoms with Gasteiger partial charge >= 0.3 is 0 Å². The molecular weight excluding hydrogens is 354 g/mol. The molecule has 0 bridgehead atoms. The normalized spacial score (nSPS) is 17.2. The molecule has 0 saturated heterocycles. The molecule has 8 nitrogen and oxygen atoms in total. The van der Waals surface area contributed by atoms with Crippen molar-refractivity contribution in [3.05, 3.63) is 36.0 Å². The number of hydrogen-bond donors (Lipinski definition) is 2. The molecule has 1 unspecified atom stereocenters. The van der Waals surface area contributed by atoms with E-state index in [2.05, 4.69) is 20.4 Å². The third-order valence-corrected chi connectivity index (χ3v) is 5.21. The maximum absolute atomic E-state index is 12.9. The molecule has 0 radical (unpaired) electrons. The largest absolute Gasteiger partial charge is 0.308 e. The van der Waals surface area contributed by atoms with E-state index in [1.807, 2.05) is 6.92 Å². The van der Waals surface area contributed by atoms with Gasteiger partial charge in [-0.15, -0.1) is 0 Å². The molecule has 9 heteroatoms. The zero-order valence-corrected chi connectivity index (χ0v) is 15.5. The second-order valence-electron chi connectivity index (χ2n) is 6.73. The SMILES string of the molecule is Cc1cnc(NC(=O)[C@H](CC2CCCC2)n2cc(CS(=O)O)cn2)cn1. The summed E-state index contributed by atoms with van der Waals surface area (Å²) in [5.74, 6) is 0.687. The van der Waals surface area contributed by atoms with Gasteiger partial charge in [-0.1, -0.05) is 25.7 Å². The van der Waals surface area contributed by atoms with Crippen LogP contribution in [0.5, 0.6) is 0 Å². The van der Waals surface area contributed by atoms with Crippen molar-refractivity contribution in [2.24, 2.45) is 5.92 Å². The molecule has 2 aromatic rings. The van der Waals surface area contributed by atoms with E-state index < -0.39 is 17.1 Å². The Morgan fingerprint density at radius 1 is 1.35 bits per heavy atom. The van der Waals surface area contributed by atoms with Crippen LogP contribution in [0.2, 0.25) is 0 Å². The summed E-state index contributed by atoms with van der Waals surface area (Å²) in [6, 6.07) is -0.484. The molecule has 3 rings (SSSR count). The third kappa shape index (κ3) is 4.95. The van der Waals surface area contributed by atoms with Crippen molar-refractivity contribution in [3.8, 4) is 0 Å². The predicted octanol–water partition coefficient (Wildman–Crippen LogP) is 2.46. The molecule has 2 heterocycles. The second kappa shape index (κ2) is 8.50. The number of nitrogens with one attached hydrogen (secondary N) is 1. The summed E-state index contributed by atoms with van der Waals surface area (Å²) in [5, 5.41) is 7.07. The van der Waals surface area contributed by atoms with Crippen molar-refractivity contribution in [2.75, 3.05) is 5.32 Å².